The van der Waals surface area contributed by atoms with Crippen molar-refractivity contribution in [3.8, 4) is 0 Å². The number of rotatable bonds is 5. The predicted octanol–water partition coefficient (Wildman–Crippen LogP) is 3.07. The van der Waals surface area contributed by atoms with Gasteiger partial charge in [-0.2, -0.15) is 0 Å². The molecule has 0 spiro atoms. The number of nitrogens with zero attached hydrogens (tertiary/aromatic N) is 2. The Kier molecular flexibility index (Phi) is 4.79. The Morgan fingerprint density at radius 2 is 1.32 bits per heavy atom. The molecule has 0 unspecified atom stereocenters. The van der Waals surface area contributed by atoms with Gasteiger partial charge in [0.05, 0.1) is 18.8 Å². The molecule has 2 aliphatic rings. The van der Waals surface area contributed by atoms with Crippen LogP contribution in [0, 0.1) is 11.6 Å². The van der Waals surface area contributed by atoms with Crippen LogP contribution in [-0.2, 0) is 4.74 Å². The van der Waals surface area contributed by atoms with Gasteiger partial charge >= 0.3 is 0 Å². The maximum atomic E-state index is 13.3. The molecular weight excluding hydrogens is 322 g/mol. The summed E-state index contributed by atoms with van der Waals surface area (Å²) in [7, 11) is 0. The fourth-order valence-corrected chi connectivity index (χ4v) is 3.57. The highest BCUT2D eigenvalue weighted by Gasteiger charge is 2.30. The van der Waals surface area contributed by atoms with Crippen molar-refractivity contribution >= 4 is 0 Å². The van der Waals surface area contributed by atoms with E-state index in [9.17, 15) is 8.78 Å². The van der Waals surface area contributed by atoms with E-state index in [0.717, 1.165) is 50.5 Å². The van der Waals surface area contributed by atoms with Crippen molar-refractivity contribution in [1.82, 2.24) is 9.80 Å². The minimum Gasteiger partial charge on any atom is -0.372 e. The number of hydrogen-bond donors (Lipinski definition) is 0. The average molecular weight is 344 g/mol. The summed E-state index contributed by atoms with van der Waals surface area (Å²) in [5, 5.41) is 0. The molecule has 2 heterocycles. The van der Waals surface area contributed by atoms with Crippen LogP contribution >= 0.6 is 0 Å². The van der Waals surface area contributed by atoms with Crippen LogP contribution in [0.4, 0.5) is 8.78 Å². The van der Waals surface area contributed by atoms with Crippen LogP contribution in [0.25, 0.3) is 0 Å². The number of hydrogen-bond acceptors (Lipinski definition) is 3. The Labute approximate surface area is 146 Å². The van der Waals surface area contributed by atoms with E-state index in [1.54, 1.807) is 0 Å². The van der Waals surface area contributed by atoms with Gasteiger partial charge in [-0.15, -0.1) is 0 Å². The molecule has 0 N–H and O–H groups in total. The maximum Gasteiger partial charge on any atom is 0.123 e. The van der Waals surface area contributed by atoms with E-state index in [4.69, 9.17) is 4.74 Å². The molecule has 0 aliphatic carbocycles. The van der Waals surface area contributed by atoms with Gasteiger partial charge in [-0.1, -0.05) is 24.3 Å². The van der Waals surface area contributed by atoms with Crippen LogP contribution in [0.3, 0.4) is 0 Å². The number of ether oxygens (including phenoxy) is 1. The minimum absolute atomic E-state index is 0.0144. The van der Waals surface area contributed by atoms with Crippen molar-refractivity contribution in [3.05, 3.63) is 71.3 Å². The highest BCUT2D eigenvalue weighted by atomic mass is 19.1. The van der Waals surface area contributed by atoms with Crippen molar-refractivity contribution in [2.45, 2.75) is 12.1 Å². The summed E-state index contributed by atoms with van der Waals surface area (Å²) >= 11 is 0. The molecule has 0 radical (unpaired) electrons. The van der Waals surface area contributed by atoms with E-state index < -0.39 is 0 Å². The first-order valence-electron chi connectivity index (χ1n) is 8.78. The lowest BCUT2D eigenvalue weighted by Gasteiger charge is -2.39. The lowest BCUT2D eigenvalue weighted by Crippen LogP contribution is -2.48. The van der Waals surface area contributed by atoms with Gasteiger partial charge in [-0.05, 0) is 35.4 Å². The largest absolute Gasteiger partial charge is 0.372 e. The Morgan fingerprint density at radius 3 is 1.76 bits per heavy atom. The number of epoxide rings is 1. The summed E-state index contributed by atoms with van der Waals surface area (Å²) in [6.45, 7) is 5.70. The molecule has 0 aromatic heterocycles. The Hall–Kier alpha value is -1.82. The van der Waals surface area contributed by atoms with Gasteiger partial charge in [0.2, 0.25) is 0 Å². The van der Waals surface area contributed by atoms with Gasteiger partial charge < -0.3 is 4.74 Å². The highest BCUT2D eigenvalue weighted by Crippen LogP contribution is 2.30. The first-order chi connectivity index (χ1) is 12.2. The Bertz CT molecular complexity index is 647. The molecule has 0 amide bonds. The topological polar surface area (TPSA) is 19.0 Å². The van der Waals surface area contributed by atoms with Crippen molar-refractivity contribution in [2.24, 2.45) is 0 Å². The molecule has 2 aromatic rings. The molecule has 3 nitrogen and oxygen atoms in total. The van der Waals surface area contributed by atoms with Gasteiger partial charge in [0.1, 0.15) is 11.6 Å². The molecule has 25 heavy (non-hydrogen) atoms. The molecule has 4 rings (SSSR count). The molecule has 2 fully saturated rings. The quantitative estimate of drug-likeness (QED) is 0.777. The van der Waals surface area contributed by atoms with Gasteiger partial charge in [0, 0.05) is 32.7 Å². The van der Waals surface area contributed by atoms with Crippen molar-refractivity contribution in [2.75, 3.05) is 39.3 Å². The van der Waals surface area contributed by atoms with Gasteiger partial charge in [0.15, 0.2) is 0 Å². The van der Waals surface area contributed by atoms with E-state index >= 15 is 0 Å². The van der Waals surface area contributed by atoms with E-state index in [-0.39, 0.29) is 17.7 Å². The van der Waals surface area contributed by atoms with Gasteiger partial charge in [0.25, 0.3) is 0 Å². The van der Waals surface area contributed by atoms with Crippen molar-refractivity contribution in [1.29, 1.82) is 0 Å². The van der Waals surface area contributed by atoms with Gasteiger partial charge in [-0.25, -0.2) is 8.78 Å². The summed E-state index contributed by atoms with van der Waals surface area (Å²) < 4.78 is 32.0. The lowest BCUT2D eigenvalue weighted by atomic mass is 9.96. The summed E-state index contributed by atoms with van der Waals surface area (Å²) in [5.74, 6) is -0.480. The van der Waals surface area contributed by atoms with Crippen LogP contribution in [0.1, 0.15) is 17.2 Å². The van der Waals surface area contributed by atoms with Crippen molar-refractivity contribution < 1.29 is 13.5 Å². The normalized spacial score (nSPS) is 21.6. The fourth-order valence-electron chi connectivity index (χ4n) is 3.57. The third-order valence-corrected chi connectivity index (χ3v) is 5.01. The molecule has 2 saturated heterocycles. The second-order valence-corrected chi connectivity index (χ2v) is 6.80. The average Bonchev–Trinajstić information content (AvgIpc) is 3.44. The number of benzene rings is 2. The van der Waals surface area contributed by atoms with Crippen LogP contribution in [0.15, 0.2) is 48.5 Å². The summed E-state index contributed by atoms with van der Waals surface area (Å²) in [4.78, 5) is 4.82. The lowest BCUT2D eigenvalue weighted by molar-refractivity contribution is 0.104. The zero-order chi connectivity index (χ0) is 17.2. The van der Waals surface area contributed by atoms with Crippen LogP contribution in [-0.4, -0.2) is 55.2 Å². The predicted molar refractivity (Wildman–Crippen MR) is 92.4 cm³/mol. The smallest absolute Gasteiger partial charge is 0.123 e. The summed E-state index contributed by atoms with van der Waals surface area (Å²) in [5.41, 5.74) is 2.07. The Balaban J connectivity index is 1.54. The molecule has 1 atom stereocenters. The first-order valence-corrected chi connectivity index (χ1v) is 8.78. The third-order valence-electron chi connectivity index (χ3n) is 5.01. The van der Waals surface area contributed by atoms with Crippen LogP contribution in [0.2, 0.25) is 0 Å². The molecule has 132 valence electrons. The summed E-state index contributed by atoms with van der Waals surface area (Å²) in [6, 6.07) is 13.3. The fraction of sp³-hybridized carbons (Fsp3) is 0.400. The molecule has 5 heteroatoms. The minimum atomic E-state index is -0.240. The second kappa shape index (κ2) is 7.20. The maximum absolute atomic E-state index is 13.3. The van der Waals surface area contributed by atoms with E-state index in [2.05, 4.69) is 9.80 Å². The monoisotopic (exact) mass is 344 g/mol. The second-order valence-electron chi connectivity index (χ2n) is 6.80. The highest BCUT2D eigenvalue weighted by molar-refractivity contribution is 5.32. The zero-order valence-electron chi connectivity index (χ0n) is 14.1. The summed E-state index contributed by atoms with van der Waals surface area (Å²) in [6.07, 6.45) is 0.413. The van der Waals surface area contributed by atoms with E-state index in [1.807, 2.05) is 24.3 Å². The molecular formula is C20H22F2N2O. The molecule has 2 aliphatic heterocycles. The first kappa shape index (κ1) is 16.6. The molecule has 0 bridgehead atoms. The molecule has 0 saturated carbocycles. The van der Waals surface area contributed by atoms with Crippen molar-refractivity contribution in [3.63, 3.8) is 0 Å². The number of halogens is 2. The van der Waals surface area contributed by atoms with Crippen LogP contribution in [0.5, 0.6) is 0 Å². The third kappa shape index (κ3) is 4.06. The number of piperazine rings is 1. The Morgan fingerprint density at radius 1 is 0.840 bits per heavy atom. The zero-order valence-corrected chi connectivity index (χ0v) is 14.1. The van der Waals surface area contributed by atoms with Gasteiger partial charge in [-0.3, -0.25) is 9.80 Å². The van der Waals surface area contributed by atoms with E-state index in [0.29, 0.717) is 6.10 Å². The standard InChI is InChI=1S/C20H22F2N2O/c21-17-5-1-15(2-6-17)20(16-3-7-18(22)8-4-16)24-11-9-23(10-12-24)13-19-14-25-19/h1-8,19-20H,9-14H2/t19-/m0/s1. The SMILES string of the molecule is Fc1ccc(C(c2ccc(F)cc2)N2CCN(C[C@H]3CO3)CC2)cc1. The van der Waals surface area contributed by atoms with Crippen LogP contribution < -0.4 is 0 Å². The molecule has 2 aromatic carbocycles. The van der Waals surface area contributed by atoms with E-state index in [1.165, 1.54) is 24.3 Å².